The normalized spacial score (nSPS) is 31.4. The maximum absolute atomic E-state index is 11.0. The molecule has 0 aliphatic carbocycles. The van der Waals surface area contributed by atoms with Crippen LogP contribution in [-0.4, -0.2) is 25.7 Å². The van der Waals surface area contributed by atoms with Crippen LogP contribution in [0.1, 0.15) is 19.3 Å². The van der Waals surface area contributed by atoms with Gasteiger partial charge in [0.25, 0.3) is 0 Å². The summed E-state index contributed by atoms with van der Waals surface area (Å²) < 4.78 is 22.0. The number of carbonyl (C=O) groups excluding carboxylic acids is 1. The van der Waals surface area contributed by atoms with Gasteiger partial charge in [-0.3, -0.25) is 0 Å². The molecule has 1 unspecified atom stereocenters. The molecule has 0 amide bonds. The minimum Gasteiger partial charge on any atom is -0.302 e. The summed E-state index contributed by atoms with van der Waals surface area (Å²) in [5, 5.41) is -0.707. The van der Waals surface area contributed by atoms with Crippen LogP contribution in [0.5, 0.6) is 0 Å². The third kappa shape index (κ3) is 1.37. The van der Waals surface area contributed by atoms with Gasteiger partial charge in [-0.2, -0.15) is 0 Å². The first-order valence-corrected chi connectivity index (χ1v) is 5.05. The standard InChI is InChI=1S/C6H10O3S/c7-5-6-3-1-2-4-10(6,8)9/h5-6H,1-4H2. The molecule has 0 bridgehead atoms. The lowest BCUT2D eigenvalue weighted by atomic mass is 10.2. The van der Waals surface area contributed by atoms with Gasteiger partial charge in [0.05, 0.1) is 5.75 Å². The van der Waals surface area contributed by atoms with Crippen molar-refractivity contribution in [1.82, 2.24) is 0 Å². The highest BCUT2D eigenvalue weighted by atomic mass is 32.2. The van der Waals surface area contributed by atoms with Crippen molar-refractivity contribution in [3.8, 4) is 0 Å². The molecule has 1 atom stereocenters. The molecule has 1 rings (SSSR count). The average Bonchev–Trinajstić information content (AvgIpc) is 1.87. The molecule has 1 aliphatic rings. The molecule has 0 aromatic rings. The van der Waals surface area contributed by atoms with Gasteiger partial charge in [-0.15, -0.1) is 0 Å². The van der Waals surface area contributed by atoms with E-state index in [0.29, 0.717) is 19.1 Å². The molecule has 0 aromatic heterocycles. The van der Waals surface area contributed by atoms with E-state index in [1.165, 1.54) is 0 Å². The van der Waals surface area contributed by atoms with Crippen molar-refractivity contribution >= 4 is 16.1 Å². The second-order valence-corrected chi connectivity index (χ2v) is 4.88. The van der Waals surface area contributed by atoms with Crippen LogP contribution in [0.25, 0.3) is 0 Å². The van der Waals surface area contributed by atoms with E-state index in [1.807, 2.05) is 0 Å². The molecular weight excluding hydrogens is 152 g/mol. The topological polar surface area (TPSA) is 51.2 Å². The largest absolute Gasteiger partial charge is 0.302 e. The highest BCUT2D eigenvalue weighted by molar-refractivity contribution is 7.92. The van der Waals surface area contributed by atoms with Gasteiger partial charge in [0.2, 0.25) is 0 Å². The monoisotopic (exact) mass is 162 g/mol. The highest BCUT2D eigenvalue weighted by Crippen LogP contribution is 2.17. The number of hydrogen-bond acceptors (Lipinski definition) is 3. The SMILES string of the molecule is O=CC1CCCCS1(=O)=O. The smallest absolute Gasteiger partial charge is 0.159 e. The van der Waals surface area contributed by atoms with Crippen molar-refractivity contribution in [2.75, 3.05) is 5.75 Å². The summed E-state index contributed by atoms with van der Waals surface area (Å²) in [5.41, 5.74) is 0. The molecule has 10 heavy (non-hydrogen) atoms. The summed E-state index contributed by atoms with van der Waals surface area (Å²) in [4.78, 5) is 10.2. The Kier molecular flexibility index (Phi) is 2.08. The second-order valence-electron chi connectivity index (χ2n) is 2.54. The maximum Gasteiger partial charge on any atom is 0.159 e. The van der Waals surface area contributed by atoms with Crippen LogP contribution in [0, 0.1) is 0 Å². The van der Waals surface area contributed by atoms with E-state index in [-0.39, 0.29) is 5.75 Å². The molecule has 1 fully saturated rings. The van der Waals surface area contributed by atoms with Gasteiger partial charge in [-0.05, 0) is 12.8 Å². The average molecular weight is 162 g/mol. The predicted octanol–water partition coefficient (Wildman–Crippen LogP) is 0.153. The van der Waals surface area contributed by atoms with Crippen molar-refractivity contribution < 1.29 is 13.2 Å². The molecule has 0 radical (unpaired) electrons. The first-order chi connectivity index (χ1) is 4.67. The first kappa shape index (κ1) is 7.72. The van der Waals surface area contributed by atoms with Gasteiger partial charge in [-0.1, -0.05) is 6.42 Å². The molecular formula is C6H10O3S. The summed E-state index contributed by atoms with van der Waals surface area (Å²) in [6.07, 6.45) is 2.65. The van der Waals surface area contributed by atoms with E-state index in [0.717, 1.165) is 6.42 Å². The van der Waals surface area contributed by atoms with Crippen LogP contribution in [0.4, 0.5) is 0 Å². The van der Waals surface area contributed by atoms with Gasteiger partial charge in [-0.25, -0.2) is 8.42 Å². The number of sulfone groups is 1. The molecule has 0 spiro atoms. The molecule has 58 valence electrons. The molecule has 1 aliphatic heterocycles. The molecule has 1 saturated heterocycles. The van der Waals surface area contributed by atoms with Gasteiger partial charge in [0, 0.05) is 0 Å². The third-order valence-corrected chi connectivity index (χ3v) is 3.91. The molecule has 3 nitrogen and oxygen atoms in total. The van der Waals surface area contributed by atoms with E-state index >= 15 is 0 Å². The Balaban J connectivity index is 2.79. The van der Waals surface area contributed by atoms with E-state index in [9.17, 15) is 13.2 Å². The van der Waals surface area contributed by atoms with E-state index < -0.39 is 15.1 Å². The molecule has 0 N–H and O–H groups in total. The van der Waals surface area contributed by atoms with Crippen LogP contribution < -0.4 is 0 Å². The zero-order valence-corrected chi connectivity index (χ0v) is 6.43. The number of rotatable bonds is 1. The Morgan fingerprint density at radius 2 is 2.00 bits per heavy atom. The summed E-state index contributed by atoms with van der Waals surface area (Å²) >= 11 is 0. The van der Waals surface area contributed by atoms with Gasteiger partial charge in [0.1, 0.15) is 11.5 Å². The second kappa shape index (κ2) is 2.70. The van der Waals surface area contributed by atoms with Gasteiger partial charge in [0.15, 0.2) is 9.84 Å². The Labute approximate surface area is 60.3 Å². The van der Waals surface area contributed by atoms with Gasteiger partial charge < -0.3 is 4.79 Å². The summed E-state index contributed by atoms with van der Waals surface area (Å²) in [6, 6.07) is 0. The summed E-state index contributed by atoms with van der Waals surface area (Å²) in [7, 11) is -3.04. The lowest BCUT2D eigenvalue weighted by Gasteiger charge is -2.16. The highest BCUT2D eigenvalue weighted by Gasteiger charge is 2.27. The van der Waals surface area contributed by atoms with E-state index in [2.05, 4.69) is 0 Å². The van der Waals surface area contributed by atoms with Crippen LogP contribution in [0.15, 0.2) is 0 Å². The van der Waals surface area contributed by atoms with Crippen molar-refractivity contribution in [2.24, 2.45) is 0 Å². The fourth-order valence-electron chi connectivity index (χ4n) is 1.13. The van der Waals surface area contributed by atoms with Crippen LogP contribution in [0.2, 0.25) is 0 Å². The zero-order chi connectivity index (χ0) is 7.61. The van der Waals surface area contributed by atoms with Crippen molar-refractivity contribution in [3.63, 3.8) is 0 Å². The van der Waals surface area contributed by atoms with E-state index in [4.69, 9.17) is 0 Å². The number of hydrogen-bond donors (Lipinski definition) is 0. The van der Waals surface area contributed by atoms with Crippen molar-refractivity contribution in [2.45, 2.75) is 24.5 Å². The fourth-order valence-corrected chi connectivity index (χ4v) is 2.74. The minimum absolute atomic E-state index is 0.191. The van der Waals surface area contributed by atoms with E-state index in [1.54, 1.807) is 0 Å². The number of carbonyl (C=O) groups is 1. The third-order valence-electron chi connectivity index (χ3n) is 1.78. The Hall–Kier alpha value is -0.380. The molecule has 0 saturated carbocycles. The van der Waals surface area contributed by atoms with Crippen LogP contribution in [-0.2, 0) is 14.6 Å². The summed E-state index contributed by atoms with van der Waals surface area (Å²) in [6.45, 7) is 0. The van der Waals surface area contributed by atoms with Crippen molar-refractivity contribution in [1.29, 1.82) is 0 Å². The minimum atomic E-state index is -3.04. The van der Waals surface area contributed by atoms with Gasteiger partial charge >= 0.3 is 0 Å². The zero-order valence-electron chi connectivity index (χ0n) is 5.62. The first-order valence-electron chi connectivity index (χ1n) is 3.33. The Morgan fingerprint density at radius 3 is 2.40 bits per heavy atom. The summed E-state index contributed by atoms with van der Waals surface area (Å²) in [5.74, 6) is 0.191. The maximum atomic E-state index is 11.0. The quantitative estimate of drug-likeness (QED) is 0.516. The lowest BCUT2D eigenvalue weighted by molar-refractivity contribution is -0.107. The molecule has 4 heteroatoms. The van der Waals surface area contributed by atoms with Crippen LogP contribution in [0.3, 0.4) is 0 Å². The number of aldehydes is 1. The predicted molar refractivity (Wildman–Crippen MR) is 37.5 cm³/mol. The molecule has 0 aromatic carbocycles. The Bertz CT molecular complexity index is 217. The van der Waals surface area contributed by atoms with Crippen LogP contribution >= 0.6 is 0 Å². The fraction of sp³-hybridized carbons (Fsp3) is 0.833. The Morgan fingerprint density at radius 1 is 1.30 bits per heavy atom. The van der Waals surface area contributed by atoms with Crippen molar-refractivity contribution in [3.05, 3.63) is 0 Å². The lowest BCUT2D eigenvalue weighted by Crippen LogP contribution is -2.29. The molecule has 1 heterocycles.